The van der Waals surface area contributed by atoms with E-state index in [0.717, 1.165) is 11.7 Å². The lowest BCUT2D eigenvalue weighted by Crippen LogP contribution is -2.27. The van der Waals surface area contributed by atoms with Crippen molar-refractivity contribution in [1.29, 1.82) is 0 Å². The fourth-order valence-electron chi connectivity index (χ4n) is 1.24. The number of nitrogens with zero attached hydrogens (tertiary/aromatic N) is 4. The molecule has 2 heterocycles. The first-order valence-corrected chi connectivity index (χ1v) is 7.76. The molecule has 0 fully saturated rings. The molecule has 0 aromatic carbocycles. The molecule has 0 aromatic heterocycles. The Kier molecular flexibility index (Phi) is 18.2. The molecule has 2 rings (SSSR count). The average molecular weight is 313 g/mol. The summed E-state index contributed by atoms with van der Waals surface area (Å²) in [5.74, 6) is 2.49. The number of hydrogen-bond acceptors (Lipinski definition) is 5. The van der Waals surface area contributed by atoms with E-state index in [0.29, 0.717) is 25.0 Å². The van der Waals surface area contributed by atoms with Crippen LogP contribution in [-0.2, 0) is 4.79 Å². The van der Waals surface area contributed by atoms with E-state index in [2.05, 4.69) is 39.4 Å². The van der Waals surface area contributed by atoms with Crippen molar-refractivity contribution in [2.24, 2.45) is 32.0 Å². The second-order valence-electron chi connectivity index (χ2n) is 4.46. The number of aliphatic imine (C=N–C) groups is 2. The van der Waals surface area contributed by atoms with Gasteiger partial charge in [-0.05, 0) is 0 Å². The molecule has 6 nitrogen and oxygen atoms in total. The summed E-state index contributed by atoms with van der Waals surface area (Å²) < 4.78 is 0. The standard InChI is InChI=1S/C6H10N2O.C5H9N3.2C2H6.CH4/c1-4(2)6-7-3-5(9)8-6;1-4(2)5-6-3-7-8-5;2*1-2;/h4H,3H2,1-2H3,(H,7,8,9);4H,3H2,1-2H3;2*1-2H3;1H4. The van der Waals surface area contributed by atoms with Crippen LogP contribution in [0.4, 0.5) is 0 Å². The number of carbonyl (C=O) groups excluding carboxylic acids is 1. The number of amidine groups is 2. The van der Waals surface area contributed by atoms with Crippen LogP contribution in [0.25, 0.3) is 0 Å². The van der Waals surface area contributed by atoms with Gasteiger partial charge in [0.2, 0.25) is 5.91 Å². The number of carbonyl (C=O) groups is 1. The molecular formula is C16H35N5O. The number of rotatable bonds is 2. The second-order valence-corrected chi connectivity index (χ2v) is 4.46. The van der Waals surface area contributed by atoms with E-state index >= 15 is 0 Å². The molecule has 22 heavy (non-hydrogen) atoms. The van der Waals surface area contributed by atoms with E-state index in [4.69, 9.17) is 0 Å². The summed E-state index contributed by atoms with van der Waals surface area (Å²) in [6.07, 6.45) is 0. The minimum atomic E-state index is 0. The first kappa shape index (κ1) is 25.4. The Balaban J connectivity index is -0.000000259. The number of hydrogen-bond donors (Lipinski definition) is 1. The van der Waals surface area contributed by atoms with E-state index in [1.54, 1.807) is 0 Å². The maximum absolute atomic E-state index is 10.5. The van der Waals surface area contributed by atoms with E-state index < -0.39 is 0 Å². The van der Waals surface area contributed by atoms with Gasteiger partial charge in [0.15, 0.2) is 6.67 Å². The normalized spacial score (nSPS) is 14.4. The molecule has 130 valence electrons. The zero-order chi connectivity index (χ0) is 16.8. The van der Waals surface area contributed by atoms with Crippen molar-refractivity contribution in [1.82, 2.24) is 5.32 Å². The Morgan fingerprint density at radius 1 is 0.955 bits per heavy atom. The van der Waals surface area contributed by atoms with Gasteiger partial charge in [0.1, 0.15) is 18.2 Å². The van der Waals surface area contributed by atoms with Crippen molar-refractivity contribution in [3.63, 3.8) is 0 Å². The molecule has 0 aliphatic carbocycles. The highest BCUT2D eigenvalue weighted by Gasteiger charge is 2.14. The molecule has 2 aliphatic heterocycles. The van der Waals surface area contributed by atoms with Gasteiger partial charge in [-0.3, -0.25) is 9.79 Å². The molecule has 0 spiro atoms. The van der Waals surface area contributed by atoms with Gasteiger partial charge in [-0.2, -0.15) is 5.11 Å². The molecule has 0 saturated carbocycles. The fraction of sp³-hybridized carbons (Fsp3) is 0.812. The molecule has 0 aromatic rings. The highest BCUT2D eigenvalue weighted by atomic mass is 16.2. The number of azo groups is 1. The van der Waals surface area contributed by atoms with E-state index in [1.165, 1.54) is 0 Å². The lowest BCUT2D eigenvalue weighted by atomic mass is 10.2. The molecule has 0 radical (unpaired) electrons. The SMILES string of the molecule is C.CC.CC.CC(C)C1=NCC(=O)N1.CC(C)C1=NCN=N1. The lowest BCUT2D eigenvalue weighted by molar-refractivity contribution is -0.117. The van der Waals surface area contributed by atoms with Gasteiger partial charge in [-0.15, -0.1) is 5.11 Å². The minimum Gasteiger partial charge on any atom is -0.313 e. The van der Waals surface area contributed by atoms with Gasteiger partial charge in [0.05, 0.1) is 0 Å². The molecule has 0 bridgehead atoms. The zero-order valence-corrected chi connectivity index (χ0v) is 14.8. The fourth-order valence-corrected chi connectivity index (χ4v) is 1.24. The first-order chi connectivity index (χ1) is 10.0. The van der Waals surface area contributed by atoms with Gasteiger partial charge >= 0.3 is 0 Å². The zero-order valence-electron chi connectivity index (χ0n) is 14.8. The number of amides is 1. The first-order valence-electron chi connectivity index (χ1n) is 7.76. The monoisotopic (exact) mass is 313 g/mol. The Morgan fingerprint density at radius 3 is 1.68 bits per heavy atom. The molecule has 2 aliphatic rings. The van der Waals surface area contributed by atoms with Gasteiger partial charge in [-0.25, -0.2) is 4.99 Å². The molecular weight excluding hydrogens is 278 g/mol. The summed E-state index contributed by atoms with van der Waals surface area (Å²) in [6.45, 7) is 17.0. The minimum absolute atomic E-state index is 0. The van der Waals surface area contributed by atoms with E-state index in [9.17, 15) is 4.79 Å². The summed E-state index contributed by atoms with van der Waals surface area (Å²) in [6, 6.07) is 0. The topological polar surface area (TPSA) is 78.5 Å². The third-order valence-electron chi connectivity index (χ3n) is 2.19. The van der Waals surface area contributed by atoms with Crippen molar-refractivity contribution in [2.45, 2.75) is 62.8 Å². The quantitative estimate of drug-likeness (QED) is 0.809. The highest BCUT2D eigenvalue weighted by Crippen LogP contribution is 2.04. The van der Waals surface area contributed by atoms with Crippen molar-refractivity contribution >= 4 is 17.6 Å². The smallest absolute Gasteiger partial charge is 0.247 e. The van der Waals surface area contributed by atoms with Crippen molar-refractivity contribution < 1.29 is 4.79 Å². The summed E-state index contributed by atoms with van der Waals surface area (Å²) in [4.78, 5) is 18.5. The van der Waals surface area contributed by atoms with Crippen molar-refractivity contribution in [3.05, 3.63) is 0 Å². The molecule has 1 amide bonds. The lowest BCUT2D eigenvalue weighted by Gasteiger charge is -2.01. The summed E-state index contributed by atoms with van der Waals surface area (Å²) in [5, 5.41) is 10.2. The Morgan fingerprint density at radius 2 is 1.50 bits per heavy atom. The predicted octanol–water partition coefficient (Wildman–Crippen LogP) is 4.32. The summed E-state index contributed by atoms with van der Waals surface area (Å²) >= 11 is 0. The van der Waals surface area contributed by atoms with Crippen molar-refractivity contribution in [3.8, 4) is 0 Å². The maximum Gasteiger partial charge on any atom is 0.247 e. The highest BCUT2D eigenvalue weighted by molar-refractivity contribution is 6.04. The van der Waals surface area contributed by atoms with Crippen LogP contribution in [0, 0.1) is 11.8 Å². The van der Waals surface area contributed by atoms with Crippen LogP contribution < -0.4 is 5.32 Å². The molecule has 0 atom stereocenters. The molecule has 6 heteroatoms. The van der Waals surface area contributed by atoms with Gasteiger partial charge in [0, 0.05) is 11.8 Å². The molecule has 0 unspecified atom stereocenters. The van der Waals surface area contributed by atoms with Crippen molar-refractivity contribution in [2.75, 3.05) is 13.2 Å². The van der Waals surface area contributed by atoms with Crippen LogP contribution >= 0.6 is 0 Å². The predicted molar refractivity (Wildman–Crippen MR) is 96.7 cm³/mol. The molecule has 1 N–H and O–H groups in total. The maximum atomic E-state index is 10.5. The van der Waals surface area contributed by atoms with Crippen LogP contribution in [0.5, 0.6) is 0 Å². The van der Waals surface area contributed by atoms with Gasteiger partial charge in [0.25, 0.3) is 0 Å². The van der Waals surface area contributed by atoms with Crippen LogP contribution in [0.15, 0.2) is 20.2 Å². The number of nitrogens with one attached hydrogen (secondary N) is 1. The van der Waals surface area contributed by atoms with E-state index in [1.807, 2.05) is 41.5 Å². The van der Waals surface area contributed by atoms with Crippen LogP contribution in [0.3, 0.4) is 0 Å². The third kappa shape index (κ3) is 11.1. The summed E-state index contributed by atoms with van der Waals surface area (Å²) in [5.41, 5.74) is 0. The van der Waals surface area contributed by atoms with Crippen LogP contribution in [-0.4, -0.2) is 30.8 Å². The van der Waals surface area contributed by atoms with Crippen LogP contribution in [0.1, 0.15) is 62.8 Å². The Hall–Kier alpha value is -1.59. The van der Waals surface area contributed by atoms with Gasteiger partial charge in [-0.1, -0.05) is 62.8 Å². The summed E-state index contributed by atoms with van der Waals surface area (Å²) in [7, 11) is 0. The van der Waals surface area contributed by atoms with E-state index in [-0.39, 0.29) is 13.3 Å². The van der Waals surface area contributed by atoms with Gasteiger partial charge < -0.3 is 5.32 Å². The molecule has 0 saturated heterocycles. The second kappa shape index (κ2) is 15.8. The average Bonchev–Trinajstić information content (AvgIpc) is 3.15. The third-order valence-corrected chi connectivity index (χ3v) is 2.19. The Labute approximate surface area is 136 Å². The van der Waals surface area contributed by atoms with Crippen LogP contribution in [0.2, 0.25) is 0 Å². The largest absolute Gasteiger partial charge is 0.313 e. The Bertz CT molecular complexity index is 371.